The predicted octanol–water partition coefficient (Wildman–Crippen LogP) is 2.66. The van der Waals surface area contributed by atoms with Crippen molar-refractivity contribution < 1.29 is 9.53 Å². The maximum Gasteiger partial charge on any atom is 0.409 e. The number of halogens is 1. The summed E-state index contributed by atoms with van der Waals surface area (Å²) in [5, 5.41) is 0.785. The van der Waals surface area contributed by atoms with E-state index >= 15 is 0 Å². The van der Waals surface area contributed by atoms with Gasteiger partial charge in [-0.05, 0) is 37.1 Å². The molecule has 5 heteroatoms. The van der Waals surface area contributed by atoms with Crippen molar-refractivity contribution in [2.24, 2.45) is 0 Å². The van der Waals surface area contributed by atoms with E-state index in [0.717, 1.165) is 50.6 Å². The van der Waals surface area contributed by atoms with Crippen LogP contribution in [-0.4, -0.2) is 55.7 Å². The van der Waals surface area contributed by atoms with Crippen molar-refractivity contribution in [1.82, 2.24) is 9.80 Å². The number of aryl methyl sites for hydroxylation is 1. The lowest BCUT2D eigenvalue weighted by atomic mass is 10.1. The van der Waals surface area contributed by atoms with E-state index in [1.165, 1.54) is 12.7 Å². The van der Waals surface area contributed by atoms with Crippen molar-refractivity contribution in [3.8, 4) is 0 Å². The molecule has 1 aromatic rings. The highest BCUT2D eigenvalue weighted by molar-refractivity contribution is 6.30. The minimum atomic E-state index is -0.217. The van der Waals surface area contributed by atoms with Crippen LogP contribution in [0.3, 0.4) is 0 Å². The third-order valence-corrected chi connectivity index (χ3v) is 3.91. The highest BCUT2D eigenvalue weighted by atomic mass is 35.5. The van der Waals surface area contributed by atoms with Crippen molar-refractivity contribution in [2.45, 2.75) is 12.8 Å². The zero-order valence-corrected chi connectivity index (χ0v) is 12.6. The van der Waals surface area contributed by atoms with E-state index in [-0.39, 0.29) is 6.09 Å². The van der Waals surface area contributed by atoms with Crippen LogP contribution in [0.5, 0.6) is 0 Å². The smallest absolute Gasteiger partial charge is 0.409 e. The maximum atomic E-state index is 11.4. The largest absolute Gasteiger partial charge is 0.453 e. The van der Waals surface area contributed by atoms with Gasteiger partial charge in [-0.2, -0.15) is 0 Å². The van der Waals surface area contributed by atoms with Gasteiger partial charge >= 0.3 is 6.09 Å². The molecule has 0 bridgehead atoms. The molecule has 0 aliphatic carbocycles. The highest BCUT2D eigenvalue weighted by Gasteiger charge is 2.20. The van der Waals surface area contributed by atoms with Gasteiger partial charge in [-0.15, -0.1) is 0 Å². The van der Waals surface area contributed by atoms with Crippen molar-refractivity contribution in [1.29, 1.82) is 0 Å². The van der Waals surface area contributed by atoms with E-state index in [2.05, 4.69) is 17.0 Å². The fraction of sp³-hybridized carbons (Fsp3) is 0.533. The summed E-state index contributed by atoms with van der Waals surface area (Å²) in [6.45, 7) is 4.43. The maximum absolute atomic E-state index is 11.4. The van der Waals surface area contributed by atoms with Gasteiger partial charge in [-0.25, -0.2) is 4.79 Å². The minimum Gasteiger partial charge on any atom is -0.453 e. The van der Waals surface area contributed by atoms with Crippen LogP contribution in [0.1, 0.15) is 12.0 Å². The lowest BCUT2D eigenvalue weighted by molar-refractivity contribution is 0.0907. The van der Waals surface area contributed by atoms with Gasteiger partial charge in [0.05, 0.1) is 7.11 Å². The monoisotopic (exact) mass is 296 g/mol. The number of hydrogen-bond acceptors (Lipinski definition) is 3. The molecule has 1 amide bonds. The molecular formula is C15H21ClN2O2. The standard InChI is InChI=1S/C15H21ClN2O2/c1-20-15(19)18-11-9-17(10-12-18)8-2-3-13-4-6-14(16)7-5-13/h4-7H,2-3,8-12H2,1H3. The van der Waals surface area contributed by atoms with Gasteiger partial charge in [0.1, 0.15) is 0 Å². The summed E-state index contributed by atoms with van der Waals surface area (Å²) in [5.74, 6) is 0. The zero-order chi connectivity index (χ0) is 14.4. The second kappa shape index (κ2) is 7.50. The number of carbonyl (C=O) groups excluding carboxylic acids is 1. The molecule has 0 N–H and O–H groups in total. The topological polar surface area (TPSA) is 32.8 Å². The van der Waals surface area contributed by atoms with E-state index in [1.54, 1.807) is 4.90 Å². The molecule has 0 radical (unpaired) electrons. The molecule has 20 heavy (non-hydrogen) atoms. The summed E-state index contributed by atoms with van der Waals surface area (Å²) in [7, 11) is 1.43. The molecule has 0 unspecified atom stereocenters. The fourth-order valence-electron chi connectivity index (χ4n) is 2.44. The van der Waals surface area contributed by atoms with Crippen LogP contribution in [0.2, 0.25) is 5.02 Å². The van der Waals surface area contributed by atoms with Crippen molar-refractivity contribution in [2.75, 3.05) is 39.8 Å². The van der Waals surface area contributed by atoms with Crippen LogP contribution < -0.4 is 0 Å². The van der Waals surface area contributed by atoms with Crippen LogP contribution >= 0.6 is 11.6 Å². The summed E-state index contributed by atoms with van der Waals surface area (Å²) < 4.78 is 4.73. The first-order valence-corrected chi connectivity index (χ1v) is 7.36. The Morgan fingerprint density at radius 2 is 1.85 bits per heavy atom. The molecule has 110 valence electrons. The molecule has 1 aromatic carbocycles. The normalized spacial score (nSPS) is 16.2. The van der Waals surface area contributed by atoms with E-state index in [4.69, 9.17) is 16.3 Å². The third kappa shape index (κ3) is 4.39. The lowest BCUT2D eigenvalue weighted by Crippen LogP contribution is -2.48. The quantitative estimate of drug-likeness (QED) is 0.856. The SMILES string of the molecule is COC(=O)N1CCN(CCCc2ccc(Cl)cc2)CC1. The van der Waals surface area contributed by atoms with Crippen LogP contribution in [0.25, 0.3) is 0 Å². The second-order valence-electron chi connectivity index (χ2n) is 5.03. The number of methoxy groups -OCH3 is 1. The number of ether oxygens (including phenoxy) is 1. The molecule has 4 nitrogen and oxygen atoms in total. The Morgan fingerprint density at radius 3 is 2.45 bits per heavy atom. The predicted molar refractivity (Wildman–Crippen MR) is 80.2 cm³/mol. The number of rotatable bonds is 4. The number of benzene rings is 1. The number of nitrogens with zero attached hydrogens (tertiary/aromatic N) is 2. The Balaban J connectivity index is 1.66. The summed E-state index contributed by atoms with van der Waals surface area (Å²) in [5.41, 5.74) is 1.32. The Kier molecular flexibility index (Phi) is 5.68. The van der Waals surface area contributed by atoms with Gasteiger partial charge in [0, 0.05) is 31.2 Å². The Bertz CT molecular complexity index is 428. The van der Waals surface area contributed by atoms with Crippen LogP contribution in [0.15, 0.2) is 24.3 Å². The molecule has 1 aliphatic rings. The van der Waals surface area contributed by atoms with Gasteiger partial charge < -0.3 is 9.64 Å². The van der Waals surface area contributed by atoms with Crippen molar-refractivity contribution in [3.63, 3.8) is 0 Å². The van der Waals surface area contributed by atoms with E-state index in [0.29, 0.717) is 0 Å². The van der Waals surface area contributed by atoms with Crippen LogP contribution in [0, 0.1) is 0 Å². The van der Waals surface area contributed by atoms with Crippen LogP contribution in [-0.2, 0) is 11.2 Å². The zero-order valence-electron chi connectivity index (χ0n) is 11.8. The van der Waals surface area contributed by atoms with Crippen LogP contribution in [0.4, 0.5) is 4.79 Å². The van der Waals surface area contributed by atoms with E-state index in [9.17, 15) is 4.79 Å². The molecule has 0 atom stereocenters. The molecule has 1 aliphatic heterocycles. The minimum absolute atomic E-state index is 0.217. The molecule has 1 saturated heterocycles. The molecule has 0 spiro atoms. The number of carbonyl (C=O) groups is 1. The first kappa shape index (κ1) is 15.1. The summed E-state index contributed by atoms with van der Waals surface area (Å²) in [6.07, 6.45) is 1.97. The fourth-order valence-corrected chi connectivity index (χ4v) is 2.57. The first-order valence-electron chi connectivity index (χ1n) is 6.99. The number of piperazine rings is 1. The molecule has 1 fully saturated rings. The summed E-state index contributed by atoms with van der Waals surface area (Å²) in [6, 6.07) is 8.03. The molecule has 0 saturated carbocycles. The van der Waals surface area contributed by atoms with Gasteiger partial charge in [-0.1, -0.05) is 23.7 Å². The lowest BCUT2D eigenvalue weighted by Gasteiger charge is -2.33. The molecule has 0 aromatic heterocycles. The van der Waals surface area contributed by atoms with Gasteiger partial charge in [-0.3, -0.25) is 4.90 Å². The summed E-state index contributed by atoms with van der Waals surface area (Å²) >= 11 is 5.87. The van der Waals surface area contributed by atoms with E-state index in [1.807, 2.05) is 12.1 Å². The highest BCUT2D eigenvalue weighted by Crippen LogP contribution is 2.11. The molecular weight excluding hydrogens is 276 g/mol. The second-order valence-corrected chi connectivity index (χ2v) is 5.47. The first-order chi connectivity index (χ1) is 9.69. The van der Waals surface area contributed by atoms with Gasteiger partial charge in [0.15, 0.2) is 0 Å². The molecule has 2 rings (SSSR count). The molecule has 1 heterocycles. The number of amides is 1. The Morgan fingerprint density at radius 1 is 1.20 bits per heavy atom. The Hall–Kier alpha value is -1.26. The van der Waals surface area contributed by atoms with E-state index < -0.39 is 0 Å². The van der Waals surface area contributed by atoms with Crippen molar-refractivity contribution in [3.05, 3.63) is 34.9 Å². The summed E-state index contributed by atoms with van der Waals surface area (Å²) in [4.78, 5) is 15.5. The average Bonchev–Trinajstić information content (AvgIpc) is 2.49. The van der Waals surface area contributed by atoms with Crippen molar-refractivity contribution >= 4 is 17.7 Å². The number of hydrogen-bond donors (Lipinski definition) is 0. The third-order valence-electron chi connectivity index (χ3n) is 3.66. The van der Waals surface area contributed by atoms with Gasteiger partial charge in [0.25, 0.3) is 0 Å². The van der Waals surface area contributed by atoms with Gasteiger partial charge in [0.2, 0.25) is 0 Å². The average molecular weight is 297 g/mol. The Labute approximate surface area is 125 Å².